The fourth-order valence-electron chi connectivity index (χ4n) is 3.46. The molecule has 0 radical (unpaired) electrons. The Balaban J connectivity index is 1.45. The third kappa shape index (κ3) is 3.77. The highest BCUT2D eigenvalue weighted by atomic mass is 32.1. The topological polar surface area (TPSA) is 16.1 Å². The van der Waals surface area contributed by atoms with E-state index in [0.717, 1.165) is 18.7 Å². The van der Waals surface area contributed by atoms with Crippen LogP contribution in [0.3, 0.4) is 0 Å². The normalized spacial score (nSPS) is 18.8. The second-order valence-electron chi connectivity index (χ2n) is 6.41. The van der Waals surface area contributed by atoms with Crippen LogP contribution < -0.4 is 0 Å². The maximum atomic E-state index is 4.89. The molecular weight excluding hydrogens is 332 g/mol. The number of hydrogen-bond donors (Lipinski definition) is 0. The number of thiophene rings is 1. The first kappa shape index (κ1) is 16.0. The molecule has 0 saturated carbocycles. The summed E-state index contributed by atoms with van der Waals surface area (Å²) in [5.74, 6) is 0. The monoisotopic (exact) mass is 354 g/mol. The van der Waals surface area contributed by atoms with Crippen LogP contribution in [-0.4, -0.2) is 22.5 Å². The zero-order chi connectivity index (χ0) is 16.2. The van der Waals surface area contributed by atoms with Crippen molar-refractivity contribution in [3.63, 3.8) is 0 Å². The molecular formula is C20H22N2S2. The zero-order valence-electron chi connectivity index (χ0n) is 13.7. The van der Waals surface area contributed by atoms with Gasteiger partial charge in [-0.15, -0.1) is 22.7 Å². The molecule has 124 valence electrons. The van der Waals surface area contributed by atoms with Gasteiger partial charge < -0.3 is 0 Å². The van der Waals surface area contributed by atoms with Gasteiger partial charge >= 0.3 is 0 Å². The first-order valence-electron chi connectivity index (χ1n) is 8.65. The minimum Gasteiger partial charge on any atom is -0.296 e. The summed E-state index contributed by atoms with van der Waals surface area (Å²) in [5.41, 5.74) is 2.57. The van der Waals surface area contributed by atoms with Gasteiger partial charge in [-0.3, -0.25) is 4.90 Å². The van der Waals surface area contributed by atoms with E-state index in [2.05, 4.69) is 58.1 Å². The van der Waals surface area contributed by atoms with E-state index in [1.54, 1.807) is 11.3 Å². The Hall–Kier alpha value is -1.49. The van der Waals surface area contributed by atoms with E-state index in [0.29, 0.717) is 6.04 Å². The third-order valence-electron chi connectivity index (χ3n) is 4.71. The van der Waals surface area contributed by atoms with Crippen molar-refractivity contribution < 1.29 is 0 Å². The highest BCUT2D eigenvalue weighted by Crippen LogP contribution is 2.29. The lowest BCUT2D eigenvalue weighted by Gasteiger charge is -2.35. The van der Waals surface area contributed by atoms with Crippen molar-refractivity contribution in [1.82, 2.24) is 9.88 Å². The lowest BCUT2D eigenvalue weighted by Crippen LogP contribution is -2.40. The van der Waals surface area contributed by atoms with Gasteiger partial charge in [-0.05, 0) is 36.4 Å². The Bertz CT molecular complexity index is 749. The number of piperidine rings is 1. The van der Waals surface area contributed by atoms with E-state index in [1.165, 1.54) is 41.3 Å². The Morgan fingerprint density at radius 3 is 2.79 bits per heavy atom. The van der Waals surface area contributed by atoms with E-state index in [4.69, 9.17) is 4.98 Å². The molecule has 1 atom stereocenters. The summed E-state index contributed by atoms with van der Waals surface area (Å²) < 4.78 is 0. The predicted octanol–water partition coefficient (Wildman–Crippen LogP) is 5.47. The van der Waals surface area contributed by atoms with Gasteiger partial charge in [-0.1, -0.05) is 42.8 Å². The smallest absolute Gasteiger partial charge is 0.0948 e. The molecule has 2 aromatic heterocycles. The fraction of sp³-hybridized carbons (Fsp3) is 0.350. The standard InChI is InChI=1S/C20H22N2S2/c1-2-7-16(8-3-1)14-22-11-5-4-9-17(22)13-20-21-18(15-24-20)19-10-6-12-23-19/h1-3,6-8,10,12,15,17H,4-5,9,11,13-14H2. The predicted molar refractivity (Wildman–Crippen MR) is 104 cm³/mol. The van der Waals surface area contributed by atoms with Crippen LogP contribution in [0.25, 0.3) is 10.6 Å². The van der Waals surface area contributed by atoms with E-state index < -0.39 is 0 Å². The van der Waals surface area contributed by atoms with Crippen molar-refractivity contribution >= 4 is 22.7 Å². The quantitative estimate of drug-likeness (QED) is 0.604. The number of rotatable bonds is 5. The molecule has 1 aliphatic rings. The Morgan fingerprint density at radius 2 is 1.96 bits per heavy atom. The molecule has 0 N–H and O–H groups in total. The van der Waals surface area contributed by atoms with Crippen LogP contribution in [-0.2, 0) is 13.0 Å². The maximum Gasteiger partial charge on any atom is 0.0948 e. The van der Waals surface area contributed by atoms with E-state index in [-0.39, 0.29) is 0 Å². The molecule has 3 heterocycles. The average Bonchev–Trinajstić information content (AvgIpc) is 3.29. The summed E-state index contributed by atoms with van der Waals surface area (Å²) in [6.07, 6.45) is 5.05. The van der Waals surface area contributed by atoms with Crippen LogP contribution in [0.1, 0.15) is 29.8 Å². The molecule has 3 aromatic rings. The number of aromatic nitrogens is 1. The molecule has 0 bridgehead atoms. The lowest BCUT2D eigenvalue weighted by atomic mass is 9.98. The van der Waals surface area contributed by atoms with Gasteiger partial charge in [-0.25, -0.2) is 4.98 Å². The Kier molecular flexibility index (Phi) is 5.07. The van der Waals surface area contributed by atoms with Crippen LogP contribution >= 0.6 is 22.7 Å². The molecule has 24 heavy (non-hydrogen) atoms. The molecule has 0 aliphatic carbocycles. The third-order valence-corrected chi connectivity index (χ3v) is 6.48. The molecule has 1 unspecified atom stereocenters. The largest absolute Gasteiger partial charge is 0.296 e. The van der Waals surface area contributed by atoms with Crippen molar-refractivity contribution in [2.75, 3.05) is 6.54 Å². The van der Waals surface area contributed by atoms with Crippen LogP contribution in [0, 0.1) is 0 Å². The van der Waals surface area contributed by atoms with Gasteiger partial charge in [0.05, 0.1) is 15.6 Å². The Labute approximate surface area is 151 Å². The maximum absolute atomic E-state index is 4.89. The molecule has 1 aliphatic heterocycles. The van der Waals surface area contributed by atoms with E-state index >= 15 is 0 Å². The molecule has 0 amide bonds. The second-order valence-corrected chi connectivity index (χ2v) is 8.30. The summed E-state index contributed by atoms with van der Waals surface area (Å²) in [6, 6.07) is 15.7. The highest BCUT2D eigenvalue weighted by molar-refractivity contribution is 7.14. The summed E-state index contributed by atoms with van der Waals surface area (Å²) >= 11 is 3.59. The summed E-state index contributed by atoms with van der Waals surface area (Å²) in [4.78, 5) is 8.83. The van der Waals surface area contributed by atoms with Crippen LogP contribution in [0.2, 0.25) is 0 Å². The van der Waals surface area contributed by atoms with Gasteiger partial charge in [0, 0.05) is 24.4 Å². The highest BCUT2D eigenvalue weighted by Gasteiger charge is 2.23. The number of benzene rings is 1. The van der Waals surface area contributed by atoms with Crippen LogP contribution in [0.4, 0.5) is 0 Å². The minimum atomic E-state index is 0.626. The number of nitrogens with zero attached hydrogens (tertiary/aromatic N) is 2. The molecule has 2 nitrogen and oxygen atoms in total. The molecule has 4 heteroatoms. The van der Waals surface area contributed by atoms with Crippen molar-refractivity contribution in [3.05, 3.63) is 63.8 Å². The molecule has 4 rings (SSSR count). The molecule has 1 aromatic carbocycles. The first-order valence-corrected chi connectivity index (χ1v) is 10.4. The lowest BCUT2D eigenvalue weighted by molar-refractivity contribution is 0.139. The van der Waals surface area contributed by atoms with E-state index in [9.17, 15) is 0 Å². The number of thiazole rings is 1. The summed E-state index contributed by atoms with van der Waals surface area (Å²) in [7, 11) is 0. The zero-order valence-corrected chi connectivity index (χ0v) is 15.4. The van der Waals surface area contributed by atoms with Gasteiger partial charge in [-0.2, -0.15) is 0 Å². The van der Waals surface area contributed by atoms with Gasteiger partial charge in [0.15, 0.2) is 0 Å². The van der Waals surface area contributed by atoms with Crippen molar-refractivity contribution in [2.45, 2.75) is 38.3 Å². The van der Waals surface area contributed by atoms with Crippen molar-refractivity contribution in [3.8, 4) is 10.6 Å². The number of hydrogen-bond acceptors (Lipinski definition) is 4. The Morgan fingerprint density at radius 1 is 1.04 bits per heavy atom. The van der Waals surface area contributed by atoms with Gasteiger partial charge in [0.2, 0.25) is 0 Å². The first-order chi connectivity index (χ1) is 11.9. The van der Waals surface area contributed by atoms with Gasteiger partial charge in [0.1, 0.15) is 0 Å². The molecule has 1 fully saturated rings. The second kappa shape index (κ2) is 7.60. The van der Waals surface area contributed by atoms with Crippen molar-refractivity contribution in [2.24, 2.45) is 0 Å². The van der Waals surface area contributed by atoms with Crippen molar-refractivity contribution in [1.29, 1.82) is 0 Å². The van der Waals surface area contributed by atoms with Crippen LogP contribution in [0.15, 0.2) is 53.2 Å². The van der Waals surface area contributed by atoms with Crippen LogP contribution in [0.5, 0.6) is 0 Å². The van der Waals surface area contributed by atoms with Gasteiger partial charge in [0.25, 0.3) is 0 Å². The minimum absolute atomic E-state index is 0.626. The fourth-order valence-corrected chi connectivity index (χ4v) is 5.09. The average molecular weight is 355 g/mol. The SMILES string of the molecule is c1ccc(CN2CCCCC2Cc2nc(-c3cccs3)cs2)cc1. The molecule has 0 spiro atoms. The molecule has 1 saturated heterocycles. The van der Waals surface area contributed by atoms with E-state index in [1.807, 2.05) is 11.3 Å². The number of likely N-dealkylation sites (tertiary alicyclic amines) is 1. The summed E-state index contributed by atoms with van der Waals surface area (Å²) in [6.45, 7) is 2.28. The summed E-state index contributed by atoms with van der Waals surface area (Å²) in [5, 5.41) is 5.62.